The van der Waals surface area contributed by atoms with Gasteiger partial charge in [-0.05, 0) is 37.1 Å². The highest BCUT2D eigenvalue weighted by Gasteiger charge is 2.04. The predicted octanol–water partition coefficient (Wildman–Crippen LogP) is 2.38. The van der Waals surface area contributed by atoms with Gasteiger partial charge in [0.25, 0.3) is 0 Å². The number of nitrogens with zero attached hydrogens (tertiary/aromatic N) is 2. The summed E-state index contributed by atoms with van der Waals surface area (Å²) >= 11 is 0. The maximum atomic E-state index is 5.26. The Kier molecular flexibility index (Phi) is 4.58. The van der Waals surface area contributed by atoms with Crippen molar-refractivity contribution in [2.75, 3.05) is 7.11 Å². The third-order valence-corrected chi connectivity index (χ3v) is 3.13. The molecule has 0 spiro atoms. The van der Waals surface area contributed by atoms with Gasteiger partial charge in [-0.1, -0.05) is 12.1 Å². The lowest BCUT2D eigenvalue weighted by atomic mass is 10.1. The Labute approximate surface area is 114 Å². The summed E-state index contributed by atoms with van der Waals surface area (Å²) in [5.41, 5.74) is 2.44. The molecule has 0 radical (unpaired) electrons. The molecule has 4 heteroatoms. The van der Waals surface area contributed by atoms with Crippen LogP contribution in [0, 0.1) is 6.92 Å². The van der Waals surface area contributed by atoms with Crippen LogP contribution in [0.2, 0.25) is 0 Å². The maximum Gasteiger partial charge on any atom is 0.121 e. The molecule has 0 saturated carbocycles. The van der Waals surface area contributed by atoms with E-state index in [4.69, 9.17) is 4.74 Å². The van der Waals surface area contributed by atoms with E-state index in [0.29, 0.717) is 6.04 Å². The molecule has 0 aliphatic carbocycles. The zero-order valence-corrected chi connectivity index (χ0v) is 11.8. The minimum Gasteiger partial charge on any atom is -0.496 e. The molecular formula is C15H21N3O. The standard InChI is InChI=1S/C15H21N3O/c1-12-9-14(5-6-15(12)19-3)10-16-13(2)11-18-8-4-7-17-18/h4-9,13,16H,10-11H2,1-3H3. The van der Waals surface area contributed by atoms with Crippen molar-refractivity contribution < 1.29 is 4.74 Å². The van der Waals surface area contributed by atoms with Gasteiger partial charge in [-0.2, -0.15) is 5.10 Å². The van der Waals surface area contributed by atoms with Crippen molar-refractivity contribution in [1.82, 2.24) is 15.1 Å². The molecule has 0 fully saturated rings. The molecule has 1 heterocycles. The number of methoxy groups -OCH3 is 1. The summed E-state index contributed by atoms with van der Waals surface area (Å²) in [4.78, 5) is 0. The van der Waals surface area contributed by atoms with Crippen LogP contribution in [-0.2, 0) is 13.1 Å². The van der Waals surface area contributed by atoms with Crippen LogP contribution in [0.5, 0.6) is 5.75 Å². The summed E-state index contributed by atoms with van der Waals surface area (Å²) in [7, 11) is 1.70. The van der Waals surface area contributed by atoms with Crippen LogP contribution in [0.25, 0.3) is 0 Å². The van der Waals surface area contributed by atoms with E-state index >= 15 is 0 Å². The SMILES string of the molecule is COc1ccc(CNC(C)Cn2cccn2)cc1C. The molecule has 0 amide bonds. The summed E-state index contributed by atoms with van der Waals surface area (Å²) < 4.78 is 7.21. The van der Waals surface area contributed by atoms with Crippen molar-refractivity contribution in [2.45, 2.75) is 33.0 Å². The quantitative estimate of drug-likeness (QED) is 0.865. The van der Waals surface area contributed by atoms with Gasteiger partial charge in [0.15, 0.2) is 0 Å². The molecule has 1 aromatic heterocycles. The van der Waals surface area contributed by atoms with Crippen LogP contribution in [0.3, 0.4) is 0 Å². The van der Waals surface area contributed by atoms with Crippen molar-refractivity contribution in [1.29, 1.82) is 0 Å². The smallest absolute Gasteiger partial charge is 0.121 e. The van der Waals surface area contributed by atoms with Crippen molar-refractivity contribution >= 4 is 0 Å². The Balaban J connectivity index is 1.86. The minimum absolute atomic E-state index is 0.377. The van der Waals surface area contributed by atoms with Crippen molar-refractivity contribution in [3.63, 3.8) is 0 Å². The van der Waals surface area contributed by atoms with E-state index in [1.807, 2.05) is 23.0 Å². The average molecular weight is 259 g/mol. The fourth-order valence-electron chi connectivity index (χ4n) is 2.10. The van der Waals surface area contributed by atoms with Gasteiger partial charge in [0.05, 0.1) is 13.7 Å². The van der Waals surface area contributed by atoms with Crippen LogP contribution in [0.4, 0.5) is 0 Å². The van der Waals surface area contributed by atoms with Gasteiger partial charge in [0.2, 0.25) is 0 Å². The Morgan fingerprint density at radius 2 is 2.26 bits per heavy atom. The molecule has 1 N–H and O–H groups in total. The highest BCUT2D eigenvalue weighted by atomic mass is 16.5. The normalized spacial score (nSPS) is 12.4. The van der Waals surface area contributed by atoms with Crippen molar-refractivity contribution in [3.05, 3.63) is 47.8 Å². The molecular weight excluding hydrogens is 238 g/mol. The molecule has 19 heavy (non-hydrogen) atoms. The number of benzene rings is 1. The first-order chi connectivity index (χ1) is 9.19. The first-order valence-electron chi connectivity index (χ1n) is 6.53. The Hall–Kier alpha value is -1.81. The second-order valence-electron chi connectivity index (χ2n) is 4.81. The summed E-state index contributed by atoms with van der Waals surface area (Å²) in [6, 6.07) is 8.60. The van der Waals surface area contributed by atoms with E-state index in [1.54, 1.807) is 13.3 Å². The van der Waals surface area contributed by atoms with Gasteiger partial charge < -0.3 is 10.1 Å². The molecule has 0 aliphatic heterocycles. The number of aromatic nitrogens is 2. The van der Waals surface area contributed by atoms with Crippen molar-refractivity contribution in [3.8, 4) is 5.75 Å². The lowest BCUT2D eigenvalue weighted by Crippen LogP contribution is -2.30. The molecule has 0 bridgehead atoms. The summed E-state index contributed by atoms with van der Waals surface area (Å²) in [6.07, 6.45) is 3.79. The van der Waals surface area contributed by atoms with Gasteiger partial charge in [-0.25, -0.2) is 0 Å². The molecule has 4 nitrogen and oxygen atoms in total. The Morgan fingerprint density at radius 3 is 2.89 bits per heavy atom. The Bertz CT molecular complexity index is 508. The van der Waals surface area contributed by atoms with Gasteiger partial charge in [0, 0.05) is 25.0 Å². The van der Waals surface area contributed by atoms with Gasteiger partial charge in [-0.15, -0.1) is 0 Å². The fourth-order valence-corrected chi connectivity index (χ4v) is 2.10. The lowest BCUT2D eigenvalue weighted by molar-refractivity contribution is 0.411. The van der Waals surface area contributed by atoms with Gasteiger partial charge >= 0.3 is 0 Å². The molecule has 2 aromatic rings. The molecule has 1 unspecified atom stereocenters. The number of ether oxygens (including phenoxy) is 1. The van der Waals surface area contributed by atoms with Crippen LogP contribution < -0.4 is 10.1 Å². The van der Waals surface area contributed by atoms with E-state index in [1.165, 1.54) is 11.1 Å². The van der Waals surface area contributed by atoms with Crippen molar-refractivity contribution in [2.24, 2.45) is 0 Å². The second-order valence-corrected chi connectivity index (χ2v) is 4.81. The number of nitrogens with one attached hydrogen (secondary N) is 1. The summed E-state index contributed by atoms with van der Waals surface area (Å²) in [5, 5.41) is 7.71. The number of hydrogen-bond donors (Lipinski definition) is 1. The monoisotopic (exact) mass is 259 g/mol. The van der Waals surface area contributed by atoms with Crippen LogP contribution in [0.15, 0.2) is 36.7 Å². The van der Waals surface area contributed by atoms with Crippen LogP contribution >= 0.6 is 0 Å². The third kappa shape index (κ3) is 3.83. The maximum absolute atomic E-state index is 5.26. The molecule has 0 saturated heterocycles. The van der Waals surface area contributed by atoms with Crippen LogP contribution in [0.1, 0.15) is 18.1 Å². The third-order valence-electron chi connectivity index (χ3n) is 3.13. The highest BCUT2D eigenvalue weighted by Crippen LogP contribution is 2.18. The first kappa shape index (κ1) is 13.6. The zero-order valence-electron chi connectivity index (χ0n) is 11.8. The van der Waals surface area contributed by atoms with E-state index in [2.05, 4.69) is 36.4 Å². The summed E-state index contributed by atoms with van der Waals surface area (Å²) in [5.74, 6) is 0.938. The number of aryl methyl sites for hydroxylation is 1. The molecule has 1 aromatic carbocycles. The number of rotatable bonds is 6. The Morgan fingerprint density at radius 1 is 1.42 bits per heavy atom. The lowest BCUT2D eigenvalue weighted by Gasteiger charge is -2.14. The molecule has 1 atom stereocenters. The molecule has 0 aliphatic rings. The predicted molar refractivity (Wildman–Crippen MR) is 76.3 cm³/mol. The van der Waals surface area contributed by atoms with E-state index in [0.717, 1.165) is 18.8 Å². The summed E-state index contributed by atoms with van der Waals surface area (Å²) in [6.45, 7) is 5.96. The molecule has 2 rings (SSSR count). The largest absolute Gasteiger partial charge is 0.496 e. The van der Waals surface area contributed by atoms with E-state index in [9.17, 15) is 0 Å². The van der Waals surface area contributed by atoms with Crippen LogP contribution in [-0.4, -0.2) is 22.9 Å². The average Bonchev–Trinajstić information content (AvgIpc) is 2.89. The van der Waals surface area contributed by atoms with Gasteiger partial charge in [-0.3, -0.25) is 4.68 Å². The minimum atomic E-state index is 0.377. The zero-order chi connectivity index (χ0) is 13.7. The number of hydrogen-bond acceptors (Lipinski definition) is 3. The fraction of sp³-hybridized carbons (Fsp3) is 0.400. The highest BCUT2D eigenvalue weighted by molar-refractivity contribution is 5.36. The van der Waals surface area contributed by atoms with Gasteiger partial charge in [0.1, 0.15) is 5.75 Å². The first-order valence-corrected chi connectivity index (χ1v) is 6.53. The second kappa shape index (κ2) is 6.38. The molecule has 102 valence electrons. The van der Waals surface area contributed by atoms with E-state index < -0.39 is 0 Å². The van der Waals surface area contributed by atoms with E-state index in [-0.39, 0.29) is 0 Å². The topological polar surface area (TPSA) is 39.1 Å².